The van der Waals surface area contributed by atoms with E-state index in [0.717, 1.165) is 48.8 Å². The predicted molar refractivity (Wildman–Crippen MR) is 163 cm³/mol. The summed E-state index contributed by atoms with van der Waals surface area (Å²) < 4.78 is 104. The molecule has 0 N–H and O–H groups in total. The molecule has 5 rings (SSSR count). The van der Waals surface area contributed by atoms with Crippen LogP contribution in [-0.4, -0.2) is 6.11 Å². The molecule has 0 aliphatic heterocycles. The van der Waals surface area contributed by atoms with Gasteiger partial charge in [-0.25, -0.2) is 22.0 Å². The molecule has 3 aliphatic rings. The van der Waals surface area contributed by atoms with Gasteiger partial charge in [0.1, 0.15) is 23.2 Å². The number of rotatable bonds is 11. The van der Waals surface area contributed by atoms with E-state index in [0.29, 0.717) is 36.8 Å². The van der Waals surface area contributed by atoms with E-state index in [1.807, 2.05) is 0 Å². The Morgan fingerprint density at radius 3 is 1.69 bits per heavy atom. The molecular formula is C37H47F7O. The fourth-order valence-electron chi connectivity index (χ4n) is 8.63. The van der Waals surface area contributed by atoms with E-state index >= 15 is 8.78 Å². The van der Waals surface area contributed by atoms with Crippen molar-refractivity contribution >= 4 is 0 Å². The summed E-state index contributed by atoms with van der Waals surface area (Å²) in [5, 5.41) is 0. The van der Waals surface area contributed by atoms with Crippen molar-refractivity contribution in [2.45, 2.75) is 122 Å². The lowest BCUT2D eigenvalue weighted by Crippen LogP contribution is -2.38. The van der Waals surface area contributed by atoms with Crippen LogP contribution in [0, 0.1) is 53.0 Å². The fourth-order valence-corrected chi connectivity index (χ4v) is 8.63. The van der Waals surface area contributed by atoms with Gasteiger partial charge in [0.05, 0.1) is 11.5 Å². The fraction of sp³-hybridized carbons (Fsp3) is 0.676. The van der Waals surface area contributed by atoms with Crippen LogP contribution in [0.2, 0.25) is 0 Å². The van der Waals surface area contributed by atoms with Gasteiger partial charge >= 0.3 is 6.11 Å². The van der Waals surface area contributed by atoms with Crippen LogP contribution in [0.15, 0.2) is 30.3 Å². The Morgan fingerprint density at radius 2 is 1.20 bits per heavy atom. The number of ether oxygens (including phenoxy) is 1. The molecule has 2 aromatic carbocycles. The highest BCUT2D eigenvalue weighted by Crippen LogP contribution is 2.48. The third-order valence-electron chi connectivity index (χ3n) is 11.3. The molecule has 0 heterocycles. The largest absolute Gasteiger partial charge is 0.432 e. The van der Waals surface area contributed by atoms with Crippen LogP contribution in [0.4, 0.5) is 30.7 Å². The van der Waals surface area contributed by atoms with Crippen LogP contribution in [0.5, 0.6) is 5.75 Å². The second kappa shape index (κ2) is 15.1. The van der Waals surface area contributed by atoms with Gasteiger partial charge in [-0.05, 0) is 124 Å². The van der Waals surface area contributed by atoms with Crippen molar-refractivity contribution in [1.82, 2.24) is 0 Å². The minimum absolute atomic E-state index is 0.311. The third kappa shape index (κ3) is 8.38. The summed E-state index contributed by atoms with van der Waals surface area (Å²) in [4.78, 5) is 0. The van der Waals surface area contributed by atoms with E-state index in [4.69, 9.17) is 4.74 Å². The first kappa shape index (κ1) is 34.1. The van der Waals surface area contributed by atoms with E-state index in [1.54, 1.807) is 0 Å². The molecule has 0 radical (unpaired) electrons. The van der Waals surface area contributed by atoms with Gasteiger partial charge in [-0.1, -0.05) is 45.4 Å². The van der Waals surface area contributed by atoms with Crippen LogP contribution in [0.1, 0.15) is 122 Å². The lowest BCUT2D eigenvalue weighted by molar-refractivity contribution is -0.224. The van der Waals surface area contributed by atoms with Crippen LogP contribution < -0.4 is 4.74 Å². The summed E-state index contributed by atoms with van der Waals surface area (Å²) >= 11 is 0. The molecular weight excluding hydrogens is 593 g/mol. The molecule has 8 heteroatoms. The molecule has 2 aromatic rings. The van der Waals surface area contributed by atoms with Gasteiger partial charge in [0.2, 0.25) is 0 Å². The number of alkyl halides is 4. The zero-order valence-corrected chi connectivity index (χ0v) is 26.3. The van der Waals surface area contributed by atoms with Crippen molar-refractivity contribution in [2.24, 2.45) is 35.5 Å². The standard InChI is InChI=1S/C37H47F7O/c1-2-3-4-5-23-6-8-24(9-7-23)25-10-12-26(13-11-25)27-14-16-29(17-15-27)37(43,44)45-30-18-19-31(32(38)22-30)28-20-33(39)35(36(41)42)34(40)21-28/h18-27,29,36H,2-17H2,1H3. The van der Waals surface area contributed by atoms with E-state index in [2.05, 4.69) is 6.92 Å². The first-order valence-corrected chi connectivity index (χ1v) is 17.2. The van der Waals surface area contributed by atoms with Gasteiger partial charge in [0.15, 0.2) is 0 Å². The van der Waals surface area contributed by atoms with Crippen molar-refractivity contribution in [1.29, 1.82) is 0 Å². The molecule has 0 spiro atoms. The molecule has 0 atom stereocenters. The maximum atomic E-state index is 15.2. The Balaban J connectivity index is 1.08. The van der Waals surface area contributed by atoms with Gasteiger partial charge in [-0.15, -0.1) is 0 Å². The Bertz CT molecular complexity index is 1220. The first-order chi connectivity index (χ1) is 21.6. The third-order valence-corrected chi connectivity index (χ3v) is 11.3. The second-order valence-electron chi connectivity index (χ2n) is 14.0. The number of hydrogen-bond donors (Lipinski definition) is 0. The lowest BCUT2D eigenvalue weighted by Gasteiger charge is -2.42. The molecule has 0 unspecified atom stereocenters. The highest BCUT2D eigenvalue weighted by atomic mass is 19.3. The molecule has 0 aromatic heterocycles. The Morgan fingerprint density at radius 1 is 0.689 bits per heavy atom. The Hall–Kier alpha value is -2.25. The van der Waals surface area contributed by atoms with E-state index in [9.17, 15) is 22.0 Å². The molecule has 3 aliphatic carbocycles. The van der Waals surface area contributed by atoms with Gasteiger partial charge in [0, 0.05) is 11.6 Å². The van der Waals surface area contributed by atoms with Gasteiger partial charge in [-0.3, -0.25) is 0 Å². The maximum absolute atomic E-state index is 15.2. The molecule has 250 valence electrons. The number of halogens is 7. The zero-order valence-electron chi connectivity index (χ0n) is 26.3. The number of benzene rings is 2. The second-order valence-corrected chi connectivity index (χ2v) is 14.0. The summed E-state index contributed by atoms with van der Waals surface area (Å²) in [5.41, 5.74) is -2.02. The monoisotopic (exact) mass is 640 g/mol. The number of unbranched alkanes of at least 4 members (excludes halogenated alkanes) is 2. The molecule has 3 saturated carbocycles. The molecule has 3 fully saturated rings. The molecule has 0 saturated heterocycles. The highest BCUT2D eigenvalue weighted by molar-refractivity contribution is 5.65. The van der Waals surface area contributed by atoms with Crippen LogP contribution >= 0.6 is 0 Å². The topological polar surface area (TPSA) is 9.23 Å². The average molecular weight is 641 g/mol. The van der Waals surface area contributed by atoms with Crippen LogP contribution in [0.25, 0.3) is 11.1 Å². The van der Waals surface area contributed by atoms with E-state index in [-0.39, 0.29) is 11.1 Å². The van der Waals surface area contributed by atoms with Crippen molar-refractivity contribution in [3.05, 3.63) is 53.3 Å². The van der Waals surface area contributed by atoms with Gasteiger partial charge < -0.3 is 4.74 Å². The zero-order chi connectivity index (χ0) is 32.1. The Kier molecular flexibility index (Phi) is 11.4. The molecule has 0 amide bonds. The minimum atomic E-state index is -3.50. The minimum Gasteiger partial charge on any atom is -0.432 e. The highest BCUT2D eigenvalue weighted by Gasteiger charge is 2.45. The summed E-state index contributed by atoms with van der Waals surface area (Å²) in [6, 6.07) is 4.10. The maximum Gasteiger partial charge on any atom is 0.400 e. The van der Waals surface area contributed by atoms with Crippen LogP contribution in [-0.2, 0) is 0 Å². The Labute approximate surface area is 263 Å². The van der Waals surface area contributed by atoms with Gasteiger partial charge in [0.25, 0.3) is 6.43 Å². The summed E-state index contributed by atoms with van der Waals surface area (Å²) in [6.07, 6.45) is 11.2. The van der Waals surface area contributed by atoms with Gasteiger partial charge in [-0.2, -0.15) is 8.78 Å². The van der Waals surface area contributed by atoms with Crippen molar-refractivity contribution < 1.29 is 35.5 Å². The SMILES string of the molecule is CCCCCC1CCC(C2CCC(C3CCC(C(F)(F)Oc4ccc(-c5cc(F)c(C(F)F)c(F)c5)c(F)c4)CC3)CC2)CC1. The number of hydrogen-bond acceptors (Lipinski definition) is 1. The summed E-state index contributed by atoms with van der Waals surface area (Å²) in [7, 11) is 0. The first-order valence-electron chi connectivity index (χ1n) is 17.2. The van der Waals surface area contributed by atoms with Crippen molar-refractivity contribution in [2.75, 3.05) is 0 Å². The smallest absolute Gasteiger partial charge is 0.400 e. The quantitative estimate of drug-likeness (QED) is 0.175. The van der Waals surface area contributed by atoms with Crippen molar-refractivity contribution in [3.8, 4) is 16.9 Å². The molecule has 1 nitrogen and oxygen atoms in total. The van der Waals surface area contributed by atoms with E-state index in [1.165, 1.54) is 77.0 Å². The summed E-state index contributed by atoms with van der Waals surface area (Å²) in [6.45, 7) is 2.26. The normalized spacial score (nSPS) is 27.9. The molecule has 0 bridgehead atoms. The van der Waals surface area contributed by atoms with E-state index < -0.39 is 47.2 Å². The van der Waals surface area contributed by atoms with Crippen molar-refractivity contribution in [3.63, 3.8) is 0 Å². The van der Waals surface area contributed by atoms with Crippen LogP contribution in [0.3, 0.4) is 0 Å². The average Bonchev–Trinajstić information content (AvgIpc) is 3.01. The predicted octanol–water partition coefficient (Wildman–Crippen LogP) is 12.7. The molecule has 45 heavy (non-hydrogen) atoms. The summed E-state index contributed by atoms with van der Waals surface area (Å²) in [5.74, 6) is -1.76. The lowest BCUT2D eigenvalue weighted by atomic mass is 9.65.